The van der Waals surface area contributed by atoms with Crippen LogP contribution in [0.4, 0.5) is 4.39 Å². The standard InChI is InChI=1S/C25H26FNOS/c1-4-14-27-25(28)20-12-13-23(17(2)15-20)29-24-11-6-5-10-22(24)18(3)19-8-7-9-21(26)16-19/h5-13,15-16,18H,4,14H2,1-3H3,(H,27,28). The van der Waals surface area contributed by atoms with Gasteiger partial charge >= 0.3 is 0 Å². The highest BCUT2D eigenvalue weighted by atomic mass is 32.2. The van der Waals surface area contributed by atoms with Crippen LogP contribution < -0.4 is 5.32 Å². The van der Waals surface area contributed by atoms with E-state index < -0.39 is 0 Å². The molecule has 0 saturated heterocycles. The van der Waals surface area contributed by atoms with Crippen molar-refractivity contribution in [3.63, 3.8) is 0 Å². The lowest BCUT2D eigenvalue weighted by Crippen LogP contribution is -2.23. The van der Waals surface area contributed by atoms with Gasteiger partial charge in [-0.3, -0.25) is 4.79 Å². The third-order valence-corrected chi connectivity index (χ3v) is 6.20. The second-order valence-electron chi connectivity index (χ2n) is 7.15. The topological polar surface area (TPSA) is 29.1 Å². The third kappa shape index (κ3) is 5.27. The molecule has 0 fully saturated rings. The van der Waals surface area contributed by atoms with Crippen molar-refractivity contribution in [3.8, 4) is 0 Å². The van der Waals surface area contributed by atoms with Gasteiger partial charge in [-0.05, 0) is 66.4 Å². The SMILES string of the molecule is CCCNC(=O)c1ccc(Sc2ccccc2C(C)c2cccc(F)c2)c(C)c1. The van der Waals surface area contributed by atoms with E-state index in [2.05, 4.69) is 24.4 Å². The Kier molecular flexibility index (Phi) is 7.10. The smallest absolute Gasteiger partial charge is 0.251 e. The molecule has 2 nitrogen and oxygen atoms in total. The lowest BCUT2D eigenvalue weighted by atomic mass is 9.93. The van der Waals surface area contributed by atoms with Gasteiger partial charge in [0.05, 0.1) is 0 Å². The molecule has 1 atom stereocenters. The first-order valence-corrected chi connectivity index (χ1v) is 10.7. The molecule has 0 saturated carbocycles. The minimum absolute atomic E-state index is 0.0355. The number of carbonyl (C=O) groups excluding carboxylic acids is 1. The summed E-state index contributed by atoms with van der Waals surface area (Å²) in [6.45, 7) is 6.84. The van der Waals surface area contributed by atoms with E-state index in [1.165, 1.54) is 6.07 Å². The predicted octanol–water partition coefficient (Wildman–Crippen LogP) is 6.58. The zero-order chi connectivity index (χ0) is 20.8. The van der Waals surface area contributed by atoms with E-state index in [1.807, 2.05) is 50.2 Å². The number of benzene rings is 3. The monoisotopic (exact) mass is 407 g/mol. The summed E-state index contributed by atoms with van der Waals surface area (Å²) in [5, 5.41) is 2.92. The highest BCUT2D eigenvalue weighted by Gasteiger charge is 2.15. The minimum atomic E-state index is -0.215. The van der Waals surface area contributed by atoms with Crippen LogP contribution >= 0.6 is 11.8 Å². The van der Waals surface area contributed by atoms with Crippen molar-refractivity contribution in [2.45, 2.75) is 42.9 Å². The molecule has 0 spiro atoms. The van der Waals surface area contributed by atoms with Gasteiger partial charge in [0, 0.05) is 27.8 Å². The molecule has 1 amide bonds. The Morgan fingerprint density at radius 1 is 1.03 bits per heavy atom. The number of hydrogen-bond donors (Lipinski definition) is 1. The van der Waals surface area contributed by atoms with Crippen molar-refractivity contribution in [2.75, 3.05) is 6.54 Å². The van der Waals surface area contributed by atoms with Crippen LogP contribution in [0, 0.1) is 12.7 Å². The van der Waals surface area contributed by atoms with E-state index in [0.717, 1.165) is 32.9 Å². The predicted molar refractivity (Wildman–Crippen MR) is 118 cm³/mol. The molecule has 3 rings (SSSR count). The van der Waals surface area contributed by atoms with Gasteiger partial charge in [-0.15, -0.1) is 0 Å². The van der Waals surface area contributed by atoms with E-state index in [1.54, 1.807) is 23.9 Å². The molecule has 1 N–H and O–H groups in total. The summed E-state index contributed by atoms with van der Waals surface area (Å²) in [5.41, 5.74) is 3.86. The van der Waals surface area contributed by atoms with Crippen LogP contribution in [0.25, 0.3) is 0 Å². The maximum Gasteiger partial charge on any atom is 0.251 e. The molecule has 0 aromatic heterocycles. The average Bonchev–Trinajstić information content (AvgIpc) is 2.73. The number of carbonyl (C=O) groups is 1. The molecule has 0 radical (unpaired) electrons. The lowest BCUT2D eigenvalue weighted by Gasteiger charge is -2.17. The largest absolute Gasteiger partial charge is 0.352 e. The molecule has 0 heterocycles. The number of amides is 1. The van der Waals surface area contributed by atoms with Crippen molar-refractivity contribution in [1.82, 2.24) is 5.32 Å². The fourth-order valence-corrected chi connectivity index (χ4v) is 4.35. The number of hydrogen-bond acceptors (Lipinski definition) is 2. The fourth-order valence-electron chi connectivity index (χ4n) is 3.25. The minimum Gasteiger partial charge on any atom is -0.352 e. The maximum absolute atomic E-state index is 13.7. The van der Waals surface area contributed by atoms with Gasteiger partial charge in [-0.2, -0.15) is 0 Å². The second-order valence-corrected chi connectivity index (χ2v) is 8.24. The van der Waals surface area contributed by atoms with E-state index in [9.17, 15) is 9.18 Å². The van der Waals surface area contributed by atoms with Gasteiger partial charge in [0.1, 0.15) is 5.82 Å². The first kappa shape index (κ1) is 21.1. The summed E-state index contributed by atoms with van der Waals surface area (Å²) in [6, 6.07) is 20.8. The Morgan fingerprint density at radius 3 is 2.55 bits per heavy atom. The molecule has 0 bridgehead atoms. The van der Waals surface area contributed by atoms with Crippen molar-refractivity contribution in [1.29, 1.82) is 0 Å². The zero-order valence-electron chi connectivity index (χ0n) is 17.0. The molecule has 3 aromatic rings. The number of nitrogens with one attached hydrogen (secondary N) is 1. The van der Waals surface area contributed by atoms with Gasteiger partial charge in [0.15, 0.2) is 0 Å². The van der Waals surface area contributed by atoms with Gasteiger partial charge in [-0.1, -0.05) is 55.9 Å². The van der Waals surface area contributed by atoms with Gasteiger partial charge in [0.25, 0.3) is 5.91 Å². The highest BCUT2D eigenvalue weighted by molar-refractivity contribution is 7.99. The van der Waals surface area contributed by atoms with E-state index in [-0.39, 0.29) is 17.6 Å². The molecular weight excluding hydrogens is 381 g/mol. The Hall–Kier alpha value is -2.59. The summed E-state index contributed by atoms with van der Waals surface area (Å²) < 4.78 is 13.7. The summed E-state index contributed by atoms with van der Waals surface area (Å²) in [5.74, 6) is -0.173. The molecule has 150 valence electrons. The second kappa shape index (κ2) is 9.75. The van der Waals surface area contributed by atoms with E-state index >= 15 is 0 Å². The molecular formula is C25H26FNOS. The van der Waals surface area contributed by atoms with Crippen LogP contribution in [-0.2, 0) is 0 Å². The maximum atomic E-state index is 13.7. The molecule has 4 heteroatoms. The van der Waals surface area contributed by atoms with E-state index in [0.29, 0.717) is 12.1 Å². The summed E-state index contributed by atoms with van der Waals surface area (Å²) in [4.78, 5) is 14.4. The Labute approximate surface area is 176 Å². The first-order chi connectivity index (χ1) is 14.0. The molecule has 0 aliphatic carbocycles. The van der Waals surface area contributed by atoms with Gasteiger partial charge in [0.2, 0.25) is 0 Å². The van der Waals surface area contributed by atoms with Gasteiger partial charge < -0.3 is 5.32 Å². The molecule has 29 heavy (non-hydrogen) atoms. The third-order valence-electron chi connectivity index (χ3n) is 4.93. The van der Waals surface area contributed by atoms with Crippen LogP contribution in [0.1, 0.15) is 53.2 Å². The summed E-state index contributed by atoms with van der Waals surface area (Å²) >= 11 is 1.68. The lowest BCUT2D eigenvalue weighted by molar-refractivity contribution is 0.0953. The first-order valence-electron chi connectivity index (χ1n) is 9.90. The fraction of sp³-hybridized carbons (Fsp3) is 0.240. The van der Waals surface area contributed by atoms with Crippen molar-refractivity contribution >= 4 is 17.7 Å². The summed E-state index contributed by atoms with van der Waals surface area (Å²) in [6.07, 6.45) is 0.916. The zero-order valence-corrected chi connectivity index (χ0v) is 17.9. The highest BCUT2D eigenvalue weighted by Crippen LogP contribution is 2.37. The van der Waals surface area contributed by atoms with Crippen LogP contribution in [0.5, 0.6) is 0 Å². The molecule has 0 aliphatic heterocycles. The summed E-state index contributed by atoms with van der Waals surface area (Å²) in [7, 11) is 0. The van der Waals surface area contributed by atoms with E-state index in [4.69, 9.17) is 0 Å². The number of halogens is 1. The van der Waals surface area contributed by atoms with Crippen molar-refractivity contribution < 1.29 is 9.18 Å². The Bertz CT molecular complexity index is 1000. The number of rotatable bonds is 7. The van der Waals surface area contributed by atoms with Gasteiger partial charge in [-0.25, -0.2) is 4.39 Å². The average molecular weight is 408 g/mol. The van der Waals surface area contributed by atoms with Crippen molar-refractivity contribution in [3.05, 3.63) is 94.8 Å². The van der Waals surface area contributed by atoms with Crippen LogP contribution in [0.3, 0.4) is 0 Å². The molecule has 0 aliphatic rings. The number of aryl methyl sites for hydroxylation is 1. The van der Waals surface area contributed by atoms with Crippen LogP contribution in [0.2, 0.25) is 0 Å². The quantitative estimate of drug-likeness (QED) is 0.479. The Morgan fingerprint density at radius 2 is 1.83 bits per heavy atom. The molecule has 1 unspecified atom stereocenters. The van der Waals surface area contributed by atoms with Crippen LogP contribution in [-0.4, -0.2) is 12.5 Å². The van der Waals surface area contributed by atoms with Crippen molar-refractivity contribution in [2.24, 2.45) is 0 Å². The molecule has 3 aromatic carbocycles. The Balaban J connectivity index is 1.85. The van der Waals surface area contributed by atoms with Crippen LogP contribution in [0.15, 0.2) is 76.5 Å². The normalized spacial score (nSPS) is 11.9.